The van der Waals surface area contributed by atoms with E-state index in [0.29, 0.717) is 32.8 Å². The Morgan fingerprint density at radius 3 is 2.50 bits per heavy atom. The molecule has 6 nitrogen and oxygen atoms in total. The molecule has 0 aromatic carbocycles. The lowest BCUT2D eigenvalue weighted by Crippen LogP contribution is -2.49. The van der Waals surface area contributed by atoms with Crippen LogP contribution in [0.1, 0.15) is 20.3 Å². The van der Waals surface area contributed by atoms with E-state index in [9.17, 15) is 8.42 Å². The zero-order valence-electron chi connectivity index (χ0n) is 11.0. The van der Waals surface area contributed by atoms with Gasteiger partial charge in [0.25, 0.3) is 10.2 Å². The molecule has 0 aliphatic carbocycles. The highest BCUT2D eigenvalue weighted by Crippen LogP contribution is 2.13. The molecule has 0 aromatic heterocycles. The van der Waals surface area contributed by atoms with Crippen molar-refractivity contribution in [2.75, 3.05) is 39.4 Å². The van der Waals surface area contributed by atoms with Crippen molar-refractivity contribution in [3.8, 4) is 6.07 Å². The van der Waals surface area contributed by atoms with Gasteiger partial charge in [-0.2, -0.15) is 22.3 Å². The van der Waals surface area contributed by atoms with Crippen LogP contribution in [-0.2, 0) is 14.9 Å². The van der Waals surface area contributed by atoms with E-state index in [-0.39, 0.29) is 18.9 Å². The predicted octanol–water partition coefficient (Wildman–Crippen LogP) is 0.435. The first kappa shape index (κ1) is 15.4. The van der Waals surface area contributed by atoms with Gasteiger partial charge in [-0.15, -0.1) is 0 Å². The van der Waals surface area contributed by atoms with E-state index in [0.717, 1.165) is 0 Å². The van der Waals surface area contributed by atoms with Gasteiger partial charge in [-0.05, 0) is 5.92 Å². The second-order valence-electron chi connectivity index (χ2n) is 4.68. The summed E-state index contributed by atoms with van der Waals surface area (Å²) in [6.45, 7) is 6.30. The molecule has 1 rings (SSSR count). The van der Waals surface area contributed by atoms with Gasteiger partial charge in [0.15, 0.2) is 0 Å². The zero-order valence-corrected chi connectivity index (χ0v) is 11.8. The lowest BCUT2D eigenvalue weighted by Gasteiger charge is -2.32. The van der Waals surface area contributed by atoms with Crippen molar-refractivity contribution in [2.24, 2.45) is 5.92 Å². The standard InChI is InChI=1S/C11H21N3O3S/c1-11(2)10-14(5-3-4-12)18(15,16)13-6-8-17-9-7-13/h11H,3,5-10H2,1-2H3. The summed E-state index contributed by atoms with van der Waals surface area (Å²) >= 11 is 0. The molecular weight excluding hydrogens is 254 g/mol. The number of nitrogens with zero attached hydrogens (tertiary/aromatic N) is 3. The van der Waals surface area contributed by atoms with Crippen molar-refractivity contribution < 1.29 is 13.2 Å². The molecule has 0 saturated carbocycles. The highest BCUT2D eigenvalue weighted by molar-refractivity contribution is 7.86. The first-order valence-electron chi connectivity index (χ1n) is 6.18. The lowest BCUT2D eigenvalue weighted by molar-refractivity contribution is 0.0699. The van der Waals surface area contributed by atoms with E-state index < -0.39 is 10.2 Å². The fourth-order valence-electron chi connectivity index (χ4n) is 1.82. The van der Waals surface area contributed by atoms with Crippen molar-refractivity contribution in [3.05, 3.63) is 0 Å². The van der Waals surface area contributed by atoms with Gasteiger partial charge < -0.3 is 4.74 Å². The van der Waals surface area contributed by atoms with Crippen LogP contribution >= 0.6 is 0 Å². The van der Waals surface area contributed by atoms with Crippen LogP contribution in [0, 0.1) is 17.2 Å². The number of morpholine rings is 1. The molecule has 0 bridgehead atoms. The molecule has 0 N–H and O–H groups in total. The van der Waals surface area contributed by atoms with Crippen LogP contribution in [0.5, 0.6) is 0 Å². The average molecular weight is 275 g/mol. The molecule has 0 aromatic rings. The molecule has 1 aliphatic rings. The van der Waals surface area contributed by atoms with Gasteiger partial charge in [0, 0.05) is 32.6 Å². The molecule has 0 spiro atoms. The number of rotatable bonds is 6. The smallest absolute Gasteiger partial charge is 0.282 e. The summed E-state index contributed by atoms with van der Waals surface area (Å²) in [6, 6.07) is 2.00. The summed E-state index contributed by atoms with van der Waals surface area (Å²) in [5.74, 6) is 0.236. The van der Waals surface area contributed by atoms with Crippen LogP contribution in [-0.4, -0.2) is 56.4 Å². The molecule has 18 heavy (non-hydrogen) atoms. The van der Waals surface area contributed by atoms with Crippen molar-refractivity contribution in [2.45, 2.75) is 20.3 Å². The highest BCUT2D eigenvalue weighted by Gasteiger charge is 2.30. The molecule has 1 aliphatic heterocycles. The molecule has 1 heterocycles. The third-order valence-electron chi connectivity index (χ3n) is 2.66. The number of hydrogen-bond donors (Lipinski definition) is 0. The van der Waals surface area contributed by atoms with E-state index >= 15 is 0 Å². The summed E-state index contributed by atoms with van der Waals surface area (Å²) in [5, 5.41) is 8.62. The van der Waals surface area contributed by atoms with Gasteiger partial charge >= 0.3 is 0 Å². The summed E-state index contributed by atoms with van der Waals surface area (Å²) < 4.78 is 32.8. The molecule has 7 heteroatoms. The molecule has 0 atom stereocenters. The largest absolute Gasteiger partial charge is 0.379 e. The summed E-state index contributed by atoms with van der Waals surface area (Å²) in [4.78, 5) is 0. The molecule has 0 radical (unpaired) electrons. The fraction of sp³-hybridized carbons (Fsp3) is 0.909. The van der Waals surface area contributed by atoms with Crippen molar-refractivity contribution >= 4 is 10.2 Å². The fourth-order valence-corrected chi connectivity index (χ4v) is 3.57. The molecule has 0 unspecified atom stereocenters. The van der Waals surface area contributed by atoms with E-state index in [1.807, 2.05) is 19.9 Å². The van der Waals surface area contributed by atoms with Gasteiger partial charge in [-0.3, -0.25) is 0 Å². The summed E-state index contributed by atoms with van der Waals surface area (Å²) in [5.41, 5.74) is 0. The van der Waals surface area contributed by atoms with Crippen molar-refractivity contribution in [1.29, 1.82) is 5.26 Å². The van der Waals surface area contributed by atoms with E-state index in [1.54, 1.807) is 0 Å². The van der Waals surface area contributed by atoms with Crippen LogP contribution in [0.3, 0.4) is 0 Å². The quantitative estimate of drug-likeness (QED) is 0.705. The van der Waals surface area contributed by atoms with Gasteiger partial charge in [-0.25, -0.2) is 0 Å². The Bertz CT molecular complexity index is 383. The third kappa shape index (κ3) is 4.21. The lowest BCUT2D eigenvalue weighted by atomic mass is 10.2. The van der Waals surface area contributed by atoms with E-state index in [4.69, 9.17) is 10.00 Å². The molecular formula is C11H21N3O3S. The van der Waals surface area contributed by atoms with E-state index in [1.165, 1.54) is 8.61 Å². The van der Waals surface area contributed by atoms with Gasteiger partial charge in [0.1, 0.15) is 0 Å². The minimum absolute atomic E-state index is 0.219. The number of hydrogen-bond acceptors (Lipinski definition) is 4. The monoisotopic (exact) mass is 275 g/mol. The Hall–Kier alpha value is -0.680. The van der Waals surface area contributed by atoms with Gasteiger partial charge in [0.2, 0.25) is 0 Å². The molecule has 0 amide bonds. The van der Waals surface area contributed by atoms with Gasteiger partial charge in [-0.1, -0.05) is 13.8 Å². The minimum Gasteiger partial charge on any atom is -0.379 e. The second-order valence-corrected chi connectivity index (χ2v) is 6.61. The predicted molar refractivity (Wildman–Crippen MR) is 68.0 cm³/mol. The number of ether oxygens (including phenoxy) is 1. The average Bonchev–Trinajstić information content (AvgIpc) is 2.35. The van der Waals surface area contributed by atoms with Crippen LogP contribution in [0.2, 0.25) is 0 Å². The first-order valence-corrected chi connectivity index (χ1v) is 7.58. The topological polar surface area (TPSA) is 73.6 Å². The molecule has 1 fully saturated rings. The Morgan fingerprint density at radius 2 is 2.00 bits per heavy atom. The SMILES string of the molecule is CC(C)CN(CCC#N)S(=O)(=O)N1CCOCC1. The van der Waals surface area contributed by atoms with Crippen molar-refractivity contribution in [1.82, 2.24) is 8.61 Å². The minimum atomic E-state index is -3.46. The van der Waals surface area contributed by atoms with E-state index in [2.05, 4.69) is 0 Å². The first-order chi connectivity index (χ1) is 8.48. The van der Waals surface area contributed by atoms with Crippen LogP contribution in [0.4, 0.5) is 0 Å². The summed E-state index contributed by atoms with van der Waals surface area (Å²) in [7, 11) is -3.46. The Kier molecular flexibility index (Phi) is 6.02. The third-order valence-corrected chi connectivity index (χ3v) is 4.67. The van der Waals surface area contributed by atoms with Crippen LogP contribution < -0.4 is 0 Å². The van der Waals surface area contributed by atoms with Crippen LogP contribution in [0.25, 0.3) is 0 Å². The second kappa shape index (κ2) is 7.04. The Labute approximate surface area is 109 Å². The highest BCUT2D eigenvalue weighted by atomic mass is 32.2. The van der Waals surface area contributed by atoms with Gasteiger partial charge in [0.05, 0.1) is 19.3 Å². The Balaban J connectivity index is 2.77. The summed E-state index contributed by atoms with van der Waals surface area (Å²) in [6.07, 6.45) is 0.219. The maximum absolute atomic E-state index is 12.4. The molecule has 1 saturated heterocycles. The number of nitriles is 1. The zero-order chi connectivity index (χ0) is 13.6. The maximum atomic E-state index is 12.4. The normalized spacial score (nSPS) is 18.2. The molecule has 104 valence electrons. The maximum Gasteiger partial charge on any atom is 0.282 e. The van der Waals surface area contributed by atoms with Crippen molar-refractivity contribution in [3.63, 3.8) is 0 Å². The van der Waals surface area contributed by atoms with Crippen LogP contribution in [0.15, 0.2) is 0 Å². The Morgan fingerprint density at radius 1 is 1.39 bits per heavy atom.